The van der Waals surface area contributed by atoms with Crippen LogP contribution in [0.1, 0.15) is 5.56 Å². The van der Waals surface area contributed by atoms with Crippen molar-refractivity contribution in [3.05, 3.63) is 52.5 Å². The normalized spacial score (nSPS) is 11.5. The zero-order chi connectivity index (χ0) is 14.9. The molecule has 0 aliphatic heterocycles. The van der Waals surface area contributed by atoms with Gasteiger partial charge in [-0.25, -0.2) is 9.37 Å². The first-order valence-corrected chi connectivity index (χ1v) is 6.30. The summed E-state index contributed by atoms with van der Waals surface area (Å²) in [6.07, 6.45) is -3.09. The molecular formula is C13H9BrF4N2. The van der Waals surface area contributed by atoms with Crippen LogP contribution in [0.2, 0.25) is 0 Å². The molecular weight excluding hydrogens is 340 g/mol. The summed E-state index contributed by atoms with van der Waals surface area (Å²) in [6, 6.07) is 5.65. The minimum atomic E-state index is -4.59. The maximum atomic E-state index is 13.4. The number of hydrogen-bond donors (Lipinski definition) is 0. The number of halogens is 5. The molecule has 0 saturated heterocycles. The van der Waals surface area contributed by atoms with Crippen LogP contribution >= 0.6 is 15.9 Å². The van der Waals surface area contributed by atoms with E-state index in [1.165, 1.54) is 11.1 Å². The maximum Gasteiger partial charge on any atom is 0.416 e. The lowest BCUT2D eigenvalue weighted by atomic mass is 10.1. The van der Waals surface area contributed by atoms with Gasteiger partial charge in [-0.1, -0.05) is 0 Å². The van der Waals surface area contributed by atoms with E-state index < -0.39 is 17.6 Å². The number of rotatable bonds is 2. The van der Waals surface area contributed by atoms with Crippen molar-refractivity contribution < 1.29 is 17.6 Å². The number of pyridine rings is 1. The smallest absolute Gasteiger partial charge is 0.344 e. The lowest BCUT2D eigenvalue weighted by Gasteiger charge is -2.21. The third-order valence-corrected chi connectivity index (χ3v) is 3.13. The predicted octanol–water partition coefficient (Wildman–Crippen LogP) is 4.77. The van der Waals surface area contributed by atoms with Gasteiger partial charge in [-0.15, -0.1) is 0 Å². The summed E-state index contributed by atoms with van der Waals surface area (Å²) in [6.45, 7) is 0. The Morgan fingerprint density at radius 3 is 2.40 bits per heavy atom. The average molecular weight is 349 g/mol. The van der Waals surface area contributed by atoms with E-state index in [-0.39, 0.29) is 5.69 Å². The summed E-state index contributed by atoms with van der Waals surface area (Å²) >= 11 is 3.17. The Morgan fingerprint density at radius 1 is 1.10 bits per heavy atom. The summed E-state index contributed by atoms with van der Waals surface area (Å²) in [7, 11) is 1.55. The van der Waals surface area contributed by atoms with Gasteiger partial charge in [0.25, 0.3) is 0 Å². The maximum absolute atomic E-state index is 13.4. The van der Waals surface area contributed by atoms with E-state index >= 15 is 0 Å². The second-order valence-electron chi connectivity index (χ2n) is 4.09. The Balaban J connectivity index is 2.45. The van der Waals surface area contributed by atoms with Gasteiger partial charge in [-0.2, -0.15) is 13.2 Å². The first kappa shape index (κ1) is 14.8. The molecule has 0 spiro atoms. The molecule has 106 valence electrons. The Morgan fingerprint density at radius 2 is 1.80 bits per heavy atom. The van der Waals surface area contributed by atoms with Crippen molar-refractivity contribution in [3.8, 4) is 0 Å². The molecule has 1 aromatic heterocycles. The van der Waals surface area contributed by atoms with Crippen LogP contribution in [0, 0.1) is 5.82 Å². The van der Waals surface area contributed by atoms with Crippen LogP contribution in [0.3, 0.4) is 0 Å². The van der Waals surface area contributed by atoms with Crippen molar-refractivity contribution in [2.45, 2.75) is 6.18 Å². The first-order valence-electron chi connectivity index (χ1n) is 5.50. The van der Waals surface area contributed by atoms with E-state index in [9.17, 15) is 17.6 Å². The summed E-state index contributed by atoms with van der Waals surface area (Å²) in [5.41, 5.74) is -0.325. The van der Waals surface area contributed by atoms with E-state index in [0.29, 0.717) is 16.4 Å². The standard InChI is InChI=1S/C13H9BrF4N2/c1-20(10-2-3-19-12(14)7-10)11-5-8(13(16,17)18)4-9(15)6-11/h2-7H,1H3. The van der Waals surface area contributed by atoms with Crippen LogP contribution in [0.4, 0.5) is 28.9 Å². The lowest BCUT2D eigenvalue weighted by molar-refractivity contribution is -0.137. The number of aromatic nitrogens is 1. The molecule has 0 aliphatic rings. The quantitative estimate of drug-likeness (QED) is 0.574. The third kappa shape index (κ3) is 3.27. The molecule has 0 radical (unpaired) electrons. The second kappa shape index (κ2) is 5.40. The molecule has 0 aliphatic carbocycles. The highest BCUT2D eigenvalue weighted by Crippen LogP contribution is 2.34. The van der Waals surface area contributed by atoms with Crippen LogP contribution in [0.25, 0.3) is 0 Å². The van der Waals surface area contributed by atoms with Crippen molar-refractivity contribution in [2.24, 2.45) is 0 Å². The number of anilines is 2. The molecule has 2 aromatic rings. The highest BCUT2D eigenvalue weighted by molar-refractivity contribution is 9.10. The number of nitrogens with zero attached hydrogens (tertiary/aromatic N) is 2. The number of alkyl halides is 3. The van der Waals surface area contributed by atoms with Gasteiger partial charge in [0.05, 0.1) is 5.56 Å². The molecule has 0 N–H and O–H groups in total. The van der Waals surface area contributed by atoms with Gasteiger partial charge in [-0.3, -0.25) is 0 Å². The largest absolute Gasteiger partial charge is 0.416 e. The monoisotopic (exact) mass is 348 g/mol. The topological polar surface area (TPSA) is 16.1 Å². The van der Waals surface area contributed by atoms with Gasteiger partial charge in [0, 0.05) is 24.6 Å². The number of hydrogen-bond acceptors (Lipinski definition) is 2. The molecule has 2 rings (SSSR count). The minimum Gasteiger partial charge on any atom is -0.344 e. The van der Waals surface area contributed by atoms with E-state index in [4.69, 9.17) is 0 Å². The van der Waals surface area contributed by atoms with Gasteiger partial charge in [-0.05, 0) is 46.3 Å². The third-order valence-electron chi connectivity index (χ3n) is 2.69. The zero-order valence-corrected chi connectivity index (χ0v) is 11.8. The molecule has 0 amide bonds. The van der Waals surface area contributed by atoms with Gasteiger partial charge in [0.2, 0.25) is 0 Å². The van der Waals surface area contributed by atoms with Crippen molar-refractivity contribution >= 4 is 27.3 Å². The average Bonchev–Trinajstić information content (AvgIpc) is 2.36. The summed E-state index contributed by atoms with van der Waals surface area (Å²) in [5, 5.41) is 0. The Bertz CT molecular complexity index is 628. The predicted molar refractivity (Wildman–Crippen MR) is 71.4 cm³/mol. The highest BCUT2D eigenvalue weighted by atomic mass is 79.9. The zero-order valence-electron chi connectivity index (χ0n) is 10.2. The first-order chi connectivity index (χ1) is 9.27. The fourth-order valence-electron chi connectivity index (χ4n) is 1.68. The molecule has 0 fully saturated rings. The van der Waals surface area contributed by atoms with Crippen LogP contribution in [-0.2, 0) is 6.18 Å². The van der Waals surface area contributed by atoms with Crippen molar-refractivity contribution in [3.63, 3.8) is 0 Å². The molecule has 1 heterocycles. The molecule has 0 unspecified atom stereocenters. The van der Waals surface area contributed by atoms with E-state index in [0.717, 1.165) is 12.1 Å². The van der Waals surface area contributed by atoms with Gasteiger partial charge in [0.1, 0.15) is 10.4 Å². The van der Waals surface area contributed by atoms with Crippen LogP contribution in [0.5, 0.6) is 0 Å². The molecule has 1 aromatic carbocycles. The summed E-state index contributed by atoms with van der Waals surface area (Å²) in [4.78, 5) is 5.38. The second-order valence-corrected chi connectivity index (χ2v) is 4.90. The fraction of sp³-hybridized carbons (Fsp3) is 0.154. The Hall–Kier alpha value is -1.63. The molecule has 20 heavy (non-hydrogen) atoms. The summed E-state index contributed by atoms with van der Waals surface area (Å²) in [5.74, 6) is -0.935. The molecule has 2 nitrogen and oxygen atoms in total. The van der Waals surface area contributed by atoms with Crippen LogP contribution < -0.4 is 4.90 Å². The van der Waals surface area contributed by atoms with Gasteiger partial charge >= 0.3 is 6.18 Å². The highest BCUT2D eigenvalue weighted by Gasteiger charge is 2.31. The Labute approximate surface area is 121 Å². The van der Waals surface area contributed by atoms with Crippen LogP contribution in [0.15, 0.2) is 41.1 Å². The molecule has 0 bridgehead atoms. The van der Waals surface area contributed by atoms with Gasteiger partial charge in [0.15, 0.2) is 0 Å². The van der Waals surface area contributed by atoms with Crippen molar-refractivity contribution in [1.82, 2.24) is 4.98 Å². The summed E-state index contributed by atoms with van der Waals surface area (Å²) < 4.78 is 51.9. The molecule has 0 saturated carbocycles. The van der Waals surface area contributed by atoms with Gasteiger partial charge < -0.3 is 4.90 Å². The van der Waals surface area contributed by atoms with Crippen LogP contribution in [-0.4, -0.2) is 12.0 Å². The fourth-order valence-corrected chi connectivity index (χ4v) is 2.03. The number of benzene rings is 1. The van der Waals surface area contributed by atoms with E-state index in [1.54, 1.807) is 19.2 Å². The van der Waals surface area contributed by atoms with E-state index in [2.05, 4.69) is 20.9 Å². The molecule has 7 heteroatoms. The molecule has 0 atom stereocenters. The lowest BCUT2D eigenvalue weighted by Crippen LogP contribution is -2.12. The van der Waals surface area contributed by atoms with Crippen molar-refractivity contribution in [2.75, 3.05) is 11.9 Å². The SMILES string of the molecule is CN(c1cc(F)cc(C(F)(F)F)c1)c1ccnc(Br)c1. The van der Waals surface area contributed by atoms with E-state index in [1.807, 2.05) is 0 Å². The Kier molecular flexibility index (Phi) is 3.99. The minimum absolute atomic E-state index is 0.107. The van der Waals surface area contributed by atoms with Crippen molar-refractivity contribution in [1.29, 1.82) is 0 Å².